The molecule has 0 bridgehead atoms. The lowest BCUT2D eigenvalue weighted by atomic mass is 10.1. The summed E-state index contributed by atoms with van der Waals surface area (Å²) in [7, 11) is -3.50. The van der Waals surface area contributed by atoms with Gasteiger partial charge in [-0.15, -0.1) is 0 Å². The van der Waals surface area contributed by atoms with E-state index in [0.717, 1.165) is 6.42 Å². The minimum Gasteiger partial charge on any atom is -0.478 e. The lowest BCUT2D eigenvalue weighted by Gasteiger charge is -2.13. The SMILES string of the molecule is Cc1cc(C(=O)O)cc(S(=O)(=O)CC2CCOC2)c1C. The van der Waals surface area contributed by atoms with E-state index in [1.54, 1.807) is 13.8 Å². The molecule has 1 aliphatic heterocycles. The van der Waals surface area contributed by atoms with Gasteiger partial charge in [0.25, 0.3) is 0 Å². The Hall–Kier alpha value is -1.40. The minimum absolute atomic E-state index is 0.00631. The van der Waals surface area contributed by atoms with Gasteiger partial charge in [-0.2, -0.15) is 0 Å². The Balaban J connectivity index is 2.41. The van der Waals surface area contributed by atoms with Gasteiger partial charge in [-0.1, -0.05) is 0 Å². The third kappa shape index (κ3) is 3.02. The zero-order chi connectivity index (χ0) is 14.9. The molecule has 1 fully saturated rings. The molecule has 110 valence electrons. The van der Waals surface area contributed by atoms with Crippen LogP contribution in [0.1, 0.15) is 27.9 Å². The van der Waals surface area contributed by atoms with Crippen LogP contribution in [0.2, 0.25) is 0 Å². The summed E-state index contributed by atoms with van der Waals surface area (Å²) >= 11 is 0. The van der Waals surface area contributed by atoms with E-state index in [4.69, 9.17) is 9.84 Å². The maximum Gasteiger partial charge on any atom is 0.335 e. The van der Waals surface area contributed by atoms with E-state index < -0.39 is 15.8 Å². The summed E-state index contributed by atoms with van der Waals surface area (Å²) in [4.78, 5) is 11.2. The Kier molecular flexibility index (Phi) is 4.15. The maximum atomic E-state index is 12.5. The number of carboxylic acid groups (broad SMARTS) is 1. The zero-order valence-electron chi connectivity index (χ0n) is 11.5. The van der Waals surface area contributed by atoms with E-state index in [1.165, 1.54) is 12.1 Å². The molecular weight excluding hydrogens is 280 g/mol. The molecule has 5 nitrogen and oxygen atoms in total. The summed E-state index contributed by atoms with van der Waals surface area (Å²) in [6.07, 6.45) is 0.732. The number of carboxylic acids is 1. The van der Waals surface area contributed by atoms with E-state index in [1.807, 2.05) is 0 Å². The highest BCUT2D eigenvalue weighted by Crippen LogP contribution is 2.25. The van der Waals surface area contributed by atoms with Crippen molar-refractivity contribution in [1.82, 2.24) is 0 Å². The molecule has 0 saturated carbocycles. The summed E-state index contributed by atoms with van der Waals surface area (Å²) in [5.74, 6) is -1.11. The van der Waals surface area contributed by atoms with E-state index >= 15 is 0 Å². The highest BCUT2D eigenvalue weighted by molar-refractivity contribution is 7.91. The Bertz CT molecular complexity index is 627. The average molecular weight is 298 g/mol. The van der Waals surface area contributed by atoms with Crippen LogP contribution in [-0.2, 0) is 14.6 Å². The summed E-state index contributed by atoms with van der Waals surface area (Å²) in [5, 5.41) is 9.06. The smallest absolute Gasteiger partial charge is 0.335 e. The van der Waals surface area contributed by atoms with Crippen molar-refractivity contribution in [2.75, 3.05) is 19.0 Å². The maximum absolute atomic E-state index is 12.5. The van der Waals surface area contributed by atoms with Crippen LogP contribution in [0.25, 0.3) is 0 Å². The van der Waals surface area contributed by atoms with E-state index in [-0.39, 0.29) is 22.1 Å². The molecule has 0 radical (unpaired) electrons. The van der Waals surface area contributed by atoms with Crippen LogP contribution in [0, 0.1) is 19.8 Å². The third-order valence-electron chi connectivity index (χ3n) is 3.68. The largest absolute Gasteiger partial charge is 0.478 e. The first-order valence-electron chi connectivity index (χ1n) is 6.46. The van der Waals surface area contributed by atoms with E-state index in [0.29, 0.717) is 24.3 Å². The molecule has 0 aliphatic carbocycles. The molecule has 20 heavy (non-hydrogen) atoms. The number of carbonyl (C=O) groups is 1. The second kappa shape index (κ2) is 5.54. The second-order valence-electron chi connectivity index (χ2n) is 5.23. The first-order valence-corrected chi connectivity index (χ1v) is 8.11. The Morgan fingerprint density at radius 1 is 1.40 bits per heavy atom. The number of aryl methyl sites for hydroxylation is 1. The molecule has 0 aromatic heterocycles. The fourth-order valence-corrected chi connectivity index (χ4v) is 4.39. The molecule has 1 aliphatic rings. The third-order valence-corrected chi connectivity index (χ3v) is 5.69. The van der Waals surface area contributed by atoms with Gasteiger partial charge >= 0.3 is 5.97 Å². The average Bonchev–Trinajstić information content (AvgIpc) is 2.83. The van der Waals surface area contributed by atoms with Gasteiger partial charge in [-0.3, -0.25) is 0 Å². The highest BCUT2D eigenvalue weighted by atomic mass is 32.2. The molecular formula is C14H18O5S. The molecule has 2 rings (SSSR count). The molecule has 1 aromatic rings. The van der Waals surface area contributed by atoms with Crippen molar-refractivity contribution in [2.24, 2.45) is 5.92 Å². The van der Waals surface area contributed by atoms with Gasteiger partial charge in [0.15, 0.2) is 9.84 Å². The summed E-state index contributed by atoms with van der Waals surface area (Å²) < 4.78 is 30.2. The fourth-order valence-electron chi connectivity index (χ4n) is 2.39. The summed E-state index contributed by atoms with van der Waals surface area (Å²) in [6, 6.07) is 2.76. The number of rotatable bonds is 4. The quantitative estimate of drug-likeness (QED) is 0.917. The van der Waals surface area contributed by atoms with Crippen LogP contribution in [-0.4, -0.2) is 38.5 Å². The van der Waals surface area contributed by atoms with Gasteiger partial charge in [-0.05, 0) is 49.4 Å². The number of benzene rings is 1. The van der Waals surface area contributed by atoms with Gasteiger partial charge in [0, 0.05) is 6.61 Å². The van der Waals surface area contributed by atoms with Crippen LogP contribution in [0.4, 0.5) is 0 Å². The van der Waals surface area contributed by atoms with Gasteiger partial charge in [-0.25, -0.2) is 13.2 Å². The van der Waals surface area contributed by atoms with Gasteiger partial charge in [0.1, 0.15) is 0 Å². The van der Waals surface area contributed by atoms with Crippen molar-refractivity contribution in [3.8, 4) is 0 Å². The Morgan fingerprint density at radius 2 is 2.10 bits per heavy atom. The molecule has 6 heteroatoms. The van der Waals surface area contributed by atoms with E-state index in [9.17, 15) is 13.2 Å². The predicted octanol–water partition coefficient (Wildman–Crippen LogP) is 1.81. The fraction of sp³-hybridized carbons (Fsp3) is 0.500. The van der Waals surface area contributed by atoms with Crippen molar-refractivity contribution in [3.63, 3.8) is 0 Å². The van der Waals surface area contributed by atoms with Crippen molar-refractivity contribution in [1.29, 1.82) is 0 Å². The van der Waals surface area contributed by atoms with Crippen molar-refractivity contribution in [2.45, 2.75) is 25.2 Å². The Labute approximate surface area is 118 Å². The number of aromatic carboxylic acids is 1. The molecule has 0 amide bonds. The van der Waals surface area contributed by atoms with Crippen LogP contribution < -0.4 is 0 Å². The van der Waals surface area contributed by atoms with Crippen LogP contribution in [0.5, 0.6) is 0 Å². The number of sulfone groups is 1. The normalized spacial score (nSPS) is 19.2. The number of ether oxygens (including phenoxy) is 1. The molecule has 1 unspecified atom stereocenters. The van der Waals surface area contributed by atoms with Crippen molar-refractivity contribution < 1.29 is 23.1 Å². The van der Waals surface area contributed by atoms with E-state index in [2.05, 4.69) is 0 Å². The molecule has 1 heterocycles. The van der Waals surface area contributed by atoms with Crippen LogP contribution >= 0.6 is 0 Å². The predicted molar refractivity (Wildman–Crippen MR) is 73.9 cm³/mol. The molecule has 1 atom stereocenters. The summed E-state index contributed by atoms with van der Waals surface area (Å²) in [6.45, 7) is 4.47. The zero-order valence-corrected chi connectivity index (χ0v) is 12.4. The number of hydrogen-bond donors (Lipinski definition) is 1. The molecule has 0 spiro atoms. The molecule has 1 N–H and O–H groups in total. The van der Waals surface area contributed by atoms with Crippen LogP contribution in [0.15, 0.2) is 17.0 Å². The minimum atomic E-state index is -3.50. The molecule has 1 aromatic carbocycles. The van der Waals surface area contributed by atoms with Crippen molar-refractivity contribution >= 4 is 15.8 Å². The van der Waals surface area contributed by atoms with Gasteiger partial charge < -0.3 is 9.84 Å². The first kappa shape index (κ1) is 15.0. The standard InChI is InChI=1S/C14H18O5S/c1-9-5-12(14(15)16)6-13(10(9)2)20(17,18)8-11-3-4-19-7-11/h5-6,11H,3-4,7-8H2,1-2H3,(H,15,16). The lowest BCUT2D eigenvalue weighted by molar-refractivity contribution is 0.0696. The lowest BCUT2D eigenvalue weighted by Crippen LogP contribution is -2.18. The van der Waals surface area contributed by atoms with Crippen LogP contribution in [0.3, 0.4) is 0 Å². The van der Waals surface area contributed by atoms with Gasteiger partial charge in [0.2, 0.25) is 0 Å². The highest BCUT2D eigenvalue weighted by Gasteiger charge is 2.27. The Morgan fingerprint density at radius 3 is 2.65 bits per heavy atom. The second-order valence-corrected chi connectivity index (χ2v) is 7.24. The topological polar surface area (TPSA) is 80.7 Å². The molecule has 1 saturated heterocycles. The van der Waals surface area contributed by atoms with Crippen molar-refractivity contribution in [3.05, 3.63) is 28.8 Å². The monoisotopic (exact) mass is 298 g/mol. The van der Waals surface area contributed by atoms with Gasteiger partial charge in [0.05, 0.1) is 22.8 Å². The summed E-state index contributed by atoms with van der Waals surface area (Å²) in [5.41, 5.74) is 1.30. The number of hydrogen-bond acceptors (Lipinski definition) is 4. The first-order chi connectivity index (χ1) is 9.31.